The summed E-state index contributed by atoms with van der Waals surface area (Å²) in [6, 6.07) is 3.35. The van der Waals surface area contributed by atoms with Crippen LogP contribution in [0.2, 0.25) is 0 Å². The maximum Gasteiger partial charge on any atom is 0.247 e. The van der Waals surface area contributed by atoms with Crippen LogP contribution in [0, 0.1) is 0 Å². The van der Waals surface area contributed by atoms with Crippen molar-refractivity contribution >= 4 is 11.8 Å². The number of nitrogens with one attached hydrogen (secondary N) is 1. The first-order chi connectivity index (χ1) is 8.99. The monoisotopic (exact) mass is 264 g/mol. The lowest BCUT2D eigenvalue weighted by molar-refractivity contribution is -0.140. The first-order valence-corrected chi connectivity index (χ1v) is 6.63. The van der Waals surface area contributed by atoms with Crippen molar-refractivity contribution in [3.8, 4) is 0 Å². The summed E-state index contributed by atoms with van der Waals surface area (Å²) in [6.45, 7) is 5.69. The Morgan fingerprint density at radius 1 is 1.42 bits per heavy atom. The molecular weight excluding hydrogens is 244 g/mol. The van der Waals surface area contributed by atoms with Crippen molar-refractivity contribution in [3.05, 3.63) is 24.2 Å². The maximum atomic E-state index is 12.1. The molecule has 104 valence electrons. The summed E-state index contributed by atoms with van der Waals surface area (Å²) in [4.78, 5) is 25.2. The zero-order valence-corrected chi connectivity index (χ0v) is 11.6. The third-order valence-electron chi connectivity index (χ3n) is 3.27. The number of likely N-dealkylation sites (tertiary alicyclic amines) is 1. The molecule has 2 atom stereocenters. The molecule has 1 fully saturated rings. The molecule has 5 heteroatoms. The number of carbonyl (C=O) groups excluding carboxylic acids is 2. The SMILES string of the molecule is CC(Cc1ccco1)NC1CC(=O)N(C(C)C)C1=O. The summed E-state index contributed by atoms with van der Waals surface area (Å²) in [7, 11) is 0. The Bertz CT molecular complexity index is 453. The molecule has 1 aromatic rings. The van der Waals surface area contributed by atoms with Gasteiger partial charge in [-0.15, -0.1) is 0 Å². The van der Waals surface area contributed by atoms with Gasteiger partial charge in [0.15, 0.2) is 0 Å². The second-order valence-corrected chi connectivity index (χ2v) is 5.30. The van der Waals surface area contributed by atoms with E-state index in [0.717, 1.165) is 5.76 Å². The average molecular weight is 264 g/mol. The van der Waals surface area contributed by atoms with E-state index in [9.17, 15) is 9.59 Å². The summed E-state index contributed by atoms with van der Waals surface area (Å²) in [5.41, 5.74) is 0. The Hall–Kier alpha value is -1.62. The van der Waals surface area contributed by atoms with Crippen LogP contribution in [-0.2, 0) is 16.0 Å². The largest absolute Gasteiger partial charge is 0.469 e. The Kier molecular flexibility index (Phi) is 4.04. The fourth-order valence-electron chi connectivity index (χ4n) is 2.46. The third kappa shape index (κ3) is 3.04. The van der Waals surface area contributed by atoms with E-state index in [1.807, 2.05) is 32.9 Å². The zero-order chi connectivity index (χ0) is 14.0. The molecule has 1 aliphatic heterocycles. The van der Waals surface area contributed by atoms with Crippen molar-refractivity contribution in [2.45, 2.75) is 51.7 Å². The van der Waals surface area contributed by atoms with E-state index < -0.39 is 6.04 Å². The van der Waals surface area contributed by atoms with Gasteiger partial charge in [0.1, 0.15) is 5.76 Å². The van der Waals surface area contributed by atoms with E-state index in [-0.39, 0.29) is 30.3 Å². The molecule has 2 unspecified atom stereocenters. The van der Waals surface area contributed by atoms with Crippen molar-refractivity contribution in [3.63, 3.8) is 0 Å². The Balaban J connectivity index is 1.93. The van der Waals surface area contributed by atoms with Gasteiger partial charge in [0.25, 0.3) is 0 Å². The Morgan fingerprint density at radius 3 is 2.68 bits per heavy atom. The number of rotatable bonds is 5. The number of amides is 2. The smallest absolute Gasteiger partial charge is 0.247 e. The van der Waals surface area contributed by atoms with Gasteiger partial charge < -0.3 is 9.73 Å². The fraction of sp³-hybridized carbons (Fsp3) is 0.571. The lowest BCUT2D eigenvalue weighted by Crippen LogP contribution is -2.45. The van der Waals surface area contributed by atoms with Crippen LogP contribution in [0.15, 0.2) is 22.8 Å². The highest BCUT2D eigenvalue weighted by Crippen LogP contribution is 2.17. The molecule has 1 saturated heterocycles. The molecular formula is C14H20N2O3. The molecule has 0 saturated carbocycles. The Labute approximate surface area is 113 Å². The van der Waals surface area contributed by atoms with Gasteiger partial charge in [0.05, 0.1) is 18.7 Å². The second kappa shape index (κ2) is 5.57. The number of hydrogen-bond donors (Lipinski definition) is 1. The number of carbonyl (C=O) groups is 2. The maximum absolute atomic E-state index is 12.1. The summed E-state index contributed by atoms with van der Waals surface area (Å²) in [5.74, 6) is 0.659. The van der Waals surface area contributed by atoms with Crippen LogP contribution in [0.5, 0.6) is 0 Å². The summed E-state index contributed by atoms with van der Waals surface area (Å²) < 4.78 is 5.27. The normalized spacial score (nSPS) is 21.5. The van der Waals surface area contributed by atoms with Crippen LogP contribution in [0.3, 0.4) is 0 Å². The minimum atomic E-state index is -0.403. The van der Waals surface area contributed by atoms with E-state index in [1.165, 1.54) is 4.90 Å². The van der Waals surface area contributed by atoms with Crippen molar-refractivity contribution in [2.75, 3.05) is 0 Å². The van der Waals surface area contributed by atoms with Gasteiger partial charge in [-0.3, -0.25) is 14.5 Å². The molecule has 0 bridgehead atoms. The molecule has 1 aromatic heterocycles. The van der Waals surface area contributed by atoms with Crippen molar-refractivity contribution in [2.24, 2.45) is 0 Å². The van der Waals surface area contributed by atoms with E-state index in [2.05, 4.69) is 5.32 Å². The predicted octanol–water partition coefficient (Wildman–Crippen LogP) is 1.34. The summed E-state index contributed by atoms with van der Waals surface area (Å²) in [6.07, 6.45) is 2.58. The lowest BCUT2D eigenvalue weighted by Gasteiger charge is -2.20. The van der Waals surface area contributed by atoms with E-state index in [0.29, 0.717) is 6.42 Å². The lowest BCUT2D eigenvalue weighted by atomic mass is 10.1. The molecule has 2 rings (SSSR count). The standard InChI is InChI=1S/C14H20N2O3/c1-9(2)16-13(17)8-12(14(16)18)15-10(3)7-11-5-4-6-19-11/h4-6,9-10,12,15H,7-8H2,1-3H3. The first kappa shape index (κ1) is 13.8. The van der Waals surface area contributed by atoms with Crippen molar-refractivity contribution < 1.29 is 14.0 Å². The van der Waals surface area contributed by atoms with E-state index in [1.54, 1.807) is 6.26 Å². The topological polar surface area (TPSA) is 62.6 Å². The van der Waals surface area contributed by atoms with Crippen LogP contribution >= 0.6 is 0 Å². The molecule has 0 spiro atoms. The molecule has 0 aromatic carbocycles. The number of hydrogen-bond acceptors (Lipinski definition) is 4. The molecule has 0 radical (unpaired) electrons. The van der Waals surface area contributed by atoms with Crippen LogP contribution in [0.25, 0.3) is 0 Å². The fourth-order valence-corrected chi connectivity index (χ4v) is 2.46. The van der Waals surface area contributed by atoms with Crippen molar-refractivity contribution in [1.82, 2.24) is 10.2 Å². The molecule has 2 amide bonds. The third-order valence-corrected chi connectivity index (χ3v) is 3.27. The molecule has 5 nitrogen and oxygen atoms in total. The molecule has 19 heavy (non-hydrogen) atoms. The zero-order valence-electron chi connectivity index (χ0n) is 11.6. The highest BCUT2D eigenvalue weighted by molar-refractivity contribution is 6.05. The van der Waals surface area contributed by atoms with E-state index >= 15 is 0 Å². The average Bonchev–Trinajstić information content (AvgIpc) is 2.88. The van der Waals surface area contributed by atoms with Crippen LogP contribution in [0.1, 0.15) is 33.0 Å². The van der Waals surface area contributed by atoms with E-state index in [4.69, 9.17) is 4.42 Å². The van der Waals surface area contributed by atoms with Crippen molar-refractivity contribution in [1.29, 1.82) is 0 Å². The second-order valence-electron chi connectivity index (χ2n) is 5.30. The molecule has 1 N–H and O–H groups in total. The summed E-state index contributed by atoms with van der Waals surface area (Å²) in [5, 5.41) is 3.21. The minimum absolute atomic E-state index is 0.0767. The number of nitrogens with zero attached hydrogens (tertiary/aromatic N) is 1. The van der Waals surface area contributed by atoms with Crippen LogP contribution in [-0.4, -0.2) is 34.8 Å². The Morgan fingerprint density at radius 2 is 2.16 bits per heavy atom. The minimum Gasteiger partial charge on any atom is -0.469 e. The van der Waals surface area contributed by atoms with Gasteiger partial charge >= 0.3 is 0 Å². The highest BCUT2D eigenvalue weighted by atomic mass is 16.3. The predicted molar refractivity (Wildman–Crippen MR) is 70.4 cm³/mol. The molecule has 2 heterocycles. The first-order valence-electron chi connectivity index (χ1n) is 6.63. The summed E-state index contributed by atoms with van der Waals surface area (Å²) >= 11 is 0. The van der Waals surface area contributed by atoms with Crippen LogP contribution < -0.4 is 5.32 Å². The van der Waals surface area contributed by atoms with Gasteiger partial charge in [-0.05, 0) is 32.9 Å². The highest BCUT2D eigenvalue weighted by Gasteiger charge is 2.40. The number of furan rings is 1. The van der Waals surface area contributed by atoms with Gasteiger partial charge in [-0.2, -0.15) is 0 Å². The molecule has 0 aliphatic carbocycles. The van der Waals surface area contributed by atoms with Gasteiger partial charge in [0, 0.05) is 18.5 Å². The van der Waals surface area contributed by atoms with Gasteiger partial charge in [0.2, 0.25) is 11.8 Å². The van der Waals surface area contributed by atoms with Gasteiger partial charge in [-0.25, -0.2) is 0 Å². The van der Waals surface area contributed by atoms with Crippen LogP contribution in [0.4, 0.5) is 0 Å². The quantitative estimate of drug-likeness (QED) is 0.815. The number of imide groups is 1. The van der Waals surface area contributed by atoms with Gasteiger partial charge in [-0.1, -0.05) is 0 Å². The molecule has 1 aliphatic rings.